The first-order valence-corrected chi connectivity index (χ1v) is 16.8. The Balaban J connectivity index is 1.25. The molecule has 0 spiro atoms. The van der Waals surface area contributed by atoms with Gasteiger partial charge >= 0.3 is 0 Å². The molecule has 0 atom stereocenters. The molecule has 0 amide bonds. The summed E-state index contributed by atoms with van der Waals surface area (Å²) in [4.78, 5) is 2.41. The van der Waals surface area contributed by atoms with Crippen molar-refractivity contribution >= 4 is 38.6 Å². The van der Waals surface area contributed by atoms with Crippen molar-refractivity contribution < 1.29 is 0 Å². The molecule has 8 aromatic rings. The summed E-state index contributed by atoms with van der Waals surface area (Å²) in [6.45, 7) is 4.77. The Morgan fingerprint density at radius 2 is 0.938 bits per heavy atom. The van der Waals surface area contributed by atoms with Crippen molar-refractivity contribution in [3.63, 3.8) is 0 Å². The van der Waals surface area contributed by atoms with E-state index in [1.54, 1.807) is 0 Å². The maximum absolute atomic E-state index is 2.44. The second-order valence-electron chi connectivity index (χ2n) is 13.4. The zero-order valence-electron chi connectivity index (χ0n) is 27.2. The molecule has 1 aliphatic rings. The molecule has 228 valence electrons. The van der Waals surface area contributed by atoms with Gasteiger partial charge in [-0.3, -0.25) is 0 Å². The molecule has 8 aromatic carbocycles. The van der Waals surface area contributed by atoms with Crippen LogP contribution in [0.25, 0.3) is 54.9 Å². The van der Waals surface area contributed by atoms with Gasteiger partial charge in [-0.15, -0.1) is 0 Å². The lowest BCUT2D eigenvalue weighted by Gasteiger charge is -2.27. The number of rotatable bonds is 5. The molecule has 1 nitrogen and oxygen atoms in total. The Kier molecular flexibility index (Phi) is 6.55. The second kappa shape index (κ2) is 11.1. The van der Waals surface area contributed by atoms with E-state index in [2.05, 4.69) is 195 Å². The number of hydrogen-bond acceptors (Lipinski definition) is 1. The Morgan fingerprint density at radius 3 is 1.69 bits per heavy atom. The van der Waals surface area contributed by atoms with Gasteiger partial charge in [-0.2, -0.15) is 0 Å². The quantitative estimate of drug-likeness (QED) is 0.187. The number of nitrogens with zero attached hydrogens (tertiary/aromatic N) is 1. The van der Waals surface area contributed by atoms with Crippen LogP contribution in [0.15, 0.2) is 176 Å². The third-order valence-corrected chi connectivity index (χ3v) is 10.2. The molecule has 0 radical (unpaired) electrons. The van der Waals surface area contributed by atoms with Gasteiger partial charge in [-0.05, 0) is 109 Å². The number of benzene rings is 8. The second-order valence-corrected chi connectivity index (χ2v) is 13.4. The van der Waals surface area contributed by atoms with Crippen LogP contribution in [0.3, 0.4) is 0 Å². The lowest BCUT2D eigenvalue weighted by molar-refractivity contribution is 0.666. The summed E-state index contributed by atoms with van der Waals surface area (Å²) in [6.07, 6.45) is 0. The smallest absolute Gasteiger partial charge is 0.0468 e. The minimum absolute atomic E-state index is 0.136. The molecule has 1 aliphatic carbocycles. The third-order valence-electron chi connectivity index (χ3n) is 10.2. The highest BCUT2D eigenvalue weighted by Crippen LogP contribution is 2.54. The first-order chi connectivity index (χ1) is 23.6. The number of hydrogen-bond donors (Lipinski definition) is 0. The molecule has 0 aromatic heterocycles. The average molecular weight is 614 g/mol. The van der Waals surface area contributed by atoms with E-state index in [0.717, 1.165) is 17.1 Å². The fourth-order valence-corrected chi connectivity index (χ4v) is 7.89. The Labute approximate surface area is 282 Å². The van der Waals surface area contributed by atoms with Crippen molar-refractivity contribution in [1.29, 1.82) is 0 Å². The molecule has 48 heavy (non-hydrogen) atoms. The van der Waals surface area contributed by atoms with Crippen LogP contribution in [0.1, 0.15) is 25.0 Å². The van der Waals surface area contributed by atoms with Crippen LogP contribution >= 0.6 is 0 Å². The van der Waals surface area contributed by atoms with Gasteiger partial charge in [-0.1, -0.05) is 147 Å². The van der Waals surface area contributed by atoms with Gasteiger partial charge in [-0.25, -0.2) is 0 Å². The van der Waals surface area contributed by atoms with Crippen molar-refractivity contribution in [3.05, 3.63) is 187 Å². The Bertz CT molecular complexity index is 2460. The maximum atomic E-state index is 2.44. The maximum Gasteiger partial charge on any atom is 0.0468 e. The summed E-state index contributed by atoms with van der Waals surface area (Å²) in [5.74, 6) is 0. The van der Waals surface area contributed by atoms with Gasteiger partial charge in [0.2, 0.25) is 0 Å². The molecule has 0 bridgehead atoms. The SMILES string of the molecule is CC1(C)c2ccc(N(c3ccc(-c4ccccc4)cc3)c3ccc4ccccc4c3)cc2-c2cc(-c3ccccc3)c3ccccc3c21. The summed E-state index contributed by atoms with van der Waals surface area (Å²) >= 11 is 0. The standard InChI is InChI=1S/C47H35N/c1-47(2)45-28-27-39(30-43(45)44-31-42(35-16-7-4-8-17-35)40-19-11-12-20-41(40)46(44)47)48(38-26-23-33-15-9-10-18-36(33)29-38)37-24-21-34(22-25-37)32-13-5-3-6-14-32/h3-31H,1-2H3. The highest BCUT2D eigenvalue weighted by molar-refractivity contribution is 6.06. The van der Waals surface area contributed by atoms with Crippen LogP contribution in [0.2, 0.25) is 0 Å². The van der Waals surface area contributed by atoms with Gasteiger partial charge < -0.3 is 4.90 Å². The van der Waals surface area contributed by atoms with E-state index in [1.807, 2.05) is 0 Å². The summed E-state index contributed by atoms with van der Waals surface area (Å²) < 4.78 is 0. The monoisotopic (exact) mass is 613 g/mol. The third kappa shape index (κ3) is 4.54. The van der Waals surface area contributed by atoms with Crippen LogP contribution < -0.4 is 4.90 Å². The van der Waals surface area contributed by atoms with E-state index in [4.69, 9.17) is 0 Å². The summed E-state index contributed by atoms with van der Waals surface area (Å²) in [5.41, 5.74) is 13.7. The van der Waals surface area contributed by atoms with Crippen LogP contribution in [-0.2, 0) is 5.41 Å². The summed E-state index contributed by atoms with van der Waals surface area (Å²) in [7, 11) is 0. The zero-order valence-corrected chi connectivity index (χ0v) is 27.2. The summed E-state index contributed by atoms with van der Waals surface area (Å²) in [6, 6.07) is 64.3. The van der Waals surface area contributed by atoms with Crippen LogP contribution in [-0.4, -0.2) is 0 Å². The van der Waals surface area contributed by atoms with Gasteiger partial charge in [0.25, 0.3) is 0 Å². The van der Waals surface area contributed by atoms with Crippen molar-refractivity contribution in [2.24, 2.45) is 0 Å². The van der Waals surface area contributed by atoms with Crippen LogP contribution in [0, 0.1) is 0 Å². The van der Waals surface area contributed by atoms with Gasteiger partial charge in [0.05, 0.1) is 0 Å². The fourth-order valence-electron chi connectivity index (χ4n) is 7.89. The van der Waals surface area contributed by atoms with Gasteiger partial charge in [0.15, 0.2) is 0 Å². The number of fused-ring (bicyclic) bond motifs is 6. The normalized spacial score (nSPS) is 13.0. The van der Waals surface area contributed by atoms with E-state index in [0.29, 0.717) is 0 Å². The lowest BCUT2D eigenvalue weighted by atomic mass is 9.79. The average Bonchev–Trinajstić information content (AvgIpc) is 3.38. The molecule has 9 rings (SSSR count). The molecule has 0 aliphatic heterocycles. The van der Waals surface area contributed by atoms with Crippen molar-refractivity contribution in [2.75, 3.05) is 4.90 Å². The van der Waals surface area contributed by atoms with Crippen molar-refractivity contribution in [2.45, 2.75) is 19.3 Å². The van der Waals surface area contributed by atoms with Crippen LogP contribution in [0.4, 0.5) is 17.1 Å². The molecule has 0 saturated heterocycles. The van der Waals surface area contributed by atoms with E-state index >= 15 is 0 Å². The molecule has 0 N–H and O–H groups in total. The zero-order chi connectivity index (χ0) is 32.2. The fraction of sp³-hybridized carbons (Fsp3) is 0.0638. The summed E-state index contributed by atoms with van der Waals surface area (Å²) in [5, 5.41) is 5.11. The molecule has 0 unspecified atom stereocenters. The molecular weight excluding hydrogens is 579 g/mol. The topological polar surface area (TPSA) is 3.24 Å². The molecule has 1 heteroatoms. The van der Waals surface area contributed by atoms with Crippen molar-refractivity contribution in [1.82, 2.24) is 0 Å². The largest absolute Gasteiger partial charge is 0.310 e. The highest BCUT2D eigenvalue weighted by atomic mass is 15.1. The van der Waals surface area contributed by atoms with E-state index in [9.17, 15) is 0 Å². The van der Waals surface area contributed by atoms with Gasteiger partial charge in [0, 0.05) is 22.5 Å². The first kappa shape index (κ1) is 28.3. The minimum Gasteiger partial charge on any atom is -0.310 e. The first-order valence-electron chi connectivity index (χ1n) is 16.8. The molecule has 0 fully saturated rings. The molecular formula is C47H35N. The van der Waals surface area contributed by atoms with Crippen molar-refractivity contribution in [3.8, 4) is 33.4 Å². The molecule has 0 heterocycles. The minimum atomic E-state index is -0.136. The Hall–Kier alpha value is -5.92. The predicted octanol–water partition coefficient (Wildman–Crippen LogP) is 13.1. The van der Waals surface area contributed by atoms with E-state index < -0.39 is 0 Å². The lowest BCUT2D eigenvalue weighted by Crippen LogP contribution is -2.16. The van der Waals surface area contributed by atoms with E-state index in [1.165, 1.54) is 66.1 Å². The molecule has 0 saturated carbocycles. The van der Waals surface area contributed by atoms with Crippen LogP contribution in [0.5, 0.6) is 0 Å². The van der Waals surface area contributed by atoms with Gasteiger partial charge in [0.1, 0.15) is 0 Å². The highest BCUT2D eigenvalue weighted by Gasteiger charge is 2.38. The van der Waals surface area contributed by atoms with E-state index in [-0.39, 0.29) is 5.41 Å². The Morgan fingerprint density at radius 1 is 0.375 bits per heavy atom. The number of anilines is 3. The predicted molar refractivity (Wildman–Crippen MR) is 205 cm³/mol.